The summed E-state index contributed by atoms with van der Waals surface area (Å²) in [5.41, 5.74) is 0.152. The minimum Gasteiger partial charge on any atom is -0.488 e. The zero-order valence-corrected chi connectivity index (χ0v) is 16.0. The van der Waals surface area contributed by atoms with Gasteiger partial charge in [0.1, 0.15) is 12.4 Å². The summed E-state index contributed by atoms with van der Waals surface area (Å²) < 4.78 is 50.1. The number of ether oxygens (including phenoxy) is 2. The number of esters is 1. The van der Waals surface area contributed by atoms with Crippen molar-refractivity contribution < 1.29 is 27.4 Å². The molecule has 128 valence electrons. The molecule has 0 unspecified atom stereocenters. The molecule has 0 saturated heterocycles. The fourth-order valence-electron chi connectivity index (χ4n) is 1.95. The number of carbonyl (C=O) groups is 1. The molecular weight excluding hydrogens is 504 g/mol. The molecule has 0 aliphatic heterocycles. The Hall–Kier alpha value is -1.29. The van der Waals surface area contributed by atoms with Gasteiger partial charge in [-0.25, -0.2) is 4.79 Å². The monoisotopic (exact) mass is 514 g/mol. The SMILES string of the molecule is COC(=O)c1ccc(COc2ccccc2C(F)(F)F)c(I)c1Br. The van der Waals surface area contributed by atoms with Crippen LogP contribution in [0.15, 0.2) is 40.9 Å². The maximum atomic E-state index is 13.0. The number of hydrogen-bond donors (Lipinski definition) is 0. The third kappa shape index (κ3) is 4.21. The number of alkyl halides is 3. The van der Waals surface area contributed by atoms with Gasteiger partial charge in [0.05, 0.1) is 18.2 Å². The molecule has 0 aliphatic carbocycles. The molecule has 2 rings (SSSR count). The molecular formula is C16H11BrF3IO3. The zero-order chi connectivity index (χ0) is 17.9. The van der Waals surface area contributed by atoms with Gasteiger partial charge in [-0.05, 0) is 56.7 Å². The maximum absolute atomic E-state index is 13.0. The first-order valence-electron chi connectivity index (χ1n) is 6.60. The number of halogens is 5. The number of rotatable bonds is 4. The normalized spacial score (nSPS) is 11.2. The molecule has 0 aliphatic rings. The van der Waals surface area contributed by atoms with Crippen LogP contribution in [0.25, 0.3) is 0 Å². The second kappa shape index (κ2) is 7.73. The lowest BCUT2D eigenvalue weighted by atomic mass is 10.1. The van der Waals surface area contributed by atoms with Crippen molar-refractivity contribution in [3.63, 3.8) is 0 Å². The Kier molecular flexibility index (Phi) is 6.13. The van der Waals surface area contributed by atoms with E-state index in [4.69, 9.17) is 4.74 Å². The first-order chi connectivity index (χ1) is 11.3. The van der Waals surface area contributed by atoms with Gasteiger partial charge in [0.15, 0.2) is 0 Å². The molecule has 0 amide bonds. The van der Waals surface area contributed by atoms with Crippen LogP contribution < -0.4 is 4.74 Å². The minimum absolute atomic E-state index is 0.0641. The molecule has 0 heterocycles. The Bertz CT molecular complexity index is 763. The van der Waals surface area contributed by atoms with Crippen LogP contribution in [-0.4, -0.2) is 13.1 Å². The van der Waals surface area contributed by atoms with Gasteiger partial charge in [-0.1, -0.05) is 18.2 Å². The Morgan fingerprint density at radius 1 is 1.21 bits per heavy atom. The van der Waals surface area contributed by atoms with E-state index in [1.54, 1.807) is 6.07 Å². The molecule has 24 heavy (non-hydrogen) atoms. The molecule has 0 atom stereocenters. The van der Waals surface area contributed by atoms with Crippen LogP contribution in [0.5, 0.6) is 5.75 Å². The number of benzene rings is 2. The van der Waals surface area contributed by atoms with E-state index in [0.717, 1.165) is 6.07 Å². The predicted octanol–water partition coefficient (Wildman–Crippen LogP) is 5.44. The summed E-state index contributed by atoms with van der Waals surface area (Å²) >= 11 is 5.29. The highest BCUT2D eigenvalue weighted by atomic mass is 127. The number of para-hydroxylation sites is 1. The molecule has 0 spiro atoms. The second-order valence-electron chi connectivity index (χ2n) is 4.67. The highest BCUT2D eigenvalue weighted by molar-refractivity contribution is 14.1. The van der Waals surface area contributed by atoms with E-state index < -0.39 is 17.7 Å². The van der Waals surface area contributed by atoms with Crippen molar-refractivity contribution in [1.82, 2.24) is 0 Å². The molecule has 0 aromatic heterocycles. The van der Waals surface area contributed by atoms with Crippen LogP contribution >= 0.6 is 38.5 Å². The lowest BCUT2D eigenvalue weighted by Crippen LogP contribution is -2.10. The summed E-state index contributed by atoms with van der Waals surface area (Å²) in [6.45, 7) is -0.0641. The Morgan fingerprint density at radius 3 is 2.50 bits per heavy atom. The van der Waals surface area contributed by atoms with Crippen molar-refractivity contribution in [1.29, 1.82) is 0 Å². The lowest BCUT2D eigenvalue weighted by Gasteiger charge is -2.15. The number of methoxy groups -OCH3 is 1. The van der Waals surface area contributed by atoms with Crippen molar-refractivity contribution in [3.8, 4) is 5.75 Å². The Morgan fingerprint density at radius 2 is 1.88 bits per heavy atom. The predicted molar refractivity (Wildman–Crippen MR) is 94.0 cm³/mol. The smallest absolute Gasteiger partial charge is 0.419 e. The average molecular weight is 515 g/mol. The summed E-state index contributed by atoms with van der Waals surface area (Å²) in [6.07, 6.45) is -4.49. The summed E-state index contributed by atoms with van der Waals surface area (Å²) in [5.74, 6) is -0.747. The van der Waals surface area contributed by atoms with Crippen molar-refractivity contribution in [2.24, 2.45) is 0 Å². The van der Waals surface area contributed by atoms with E-state index in [0.29, 0.717) is 19.2 Å². The molecule has 0 N–H and O–H groups in total. The molecule has 2 aromatic carbocycles. The maximum Gasteiger partial charge on any atom is 0.419 e. The van der Waals surface area contributed by atoms with Gasteiger partial charge in [-0.2, -0.15) is 13.2 Å². The van der Waals surface area contributed by atoms with Crippen LogP contribution in [0.1, 0.15) is 21.5 Å². The van der Waals surface area contributed by atoms with E-state index in [1.165, 1.54) is 31.4 Å². The highest BCUT2D eigenvalue weighted by Gasteiger charge is 2.34. The third-order valence-corrected chi connectivity index (χ3v) is 5.94. The van der Waals surface area contributed by atoms with Crippen molar-refractivity contribution in [2.45, 2.75) is 12.8 Å². The highest BCUT2D eigenvalue weighted by Crippen LogP contribution is 2.36. The Labute approximate surface area is 158 Å². The van der Waals surface area contributed by atoms with Gasteiger partial charge < -0.3 is 9.47 Å². The minimum atomic E-state index is -4.49. The van der Waals surface area contributed by atoms with Crippen molar-refractivity contribution >= 4 is 44.5 Å². The first-order valence-corrected chi connectivity index (χ1v) is 8.47. The topological polar surface area (TPSA) is 35.5 Å². The van der Waals surface area contributed by atoms with Gasteiger partial charge in [0.25, 0.3) is 0 Å². The lowest BCUT2D eigenvalue weighted by molar-refractivity contribution is -0.139. The van der Waals surface area contributed by atoms with Crippen molar-refractivity contribution in [2.75, 3.05) is 7.11 Å². The van der Waals surface area contributed by atoms with Gasteiger partial charge in [0.2, 0.25) is 0 Å². The van der Waals surface area contributed by atoms with E-state index >= 15 is 0 Å². The van der Waals surface area contributed by atoms with E-state index in [-0.39, 0.29) is 12.4 Å². The second-order valence-corrected chi connectivity index (χ2v) is 6.55. The van der Waals surface area contributed by atoms with E-state index in [2.05, 4.69) is 20.7 Å². The van der Waals surface area contributed by atoms with Crippen LogP contribution in [0, 0.1) is 3.57 Å². The number of carbonyl (C=O) groups excluding carboxylic acids is 1. The van der Waals surface area contributed by atoms with E-state index in [1.807, 2.05) is 22.6 Å². The fourth-order valence-corrected chi connectivity index (χ4v) is 3.13. The first kappa shape index (κ1) is 19.0. The standard InChI is InChI=1S/C16H11BrF3IO3/c1-23-15(22)10-7-6-9(14(21)13(10)17)8-24-12-5-3-2-4-11(12)16(18,19)20/h2-7H,8H2,1H3. The zero-order valence-electron chi connectivity index (χ0n) is 12.3. The molecule has 3 nitrogen and oxygen atoms in total. The summed E-state index contributed by atoms with van der Waals surface area (Å²) in [5, 5.41) is 0. The quantitative estimate of drug-likeness (QED) is 0.403. The largest absolute Gasteiger partial charge is 0.488 e. The molecule has 0 fully saturated rings. The molecule has 2 aromatic rings. The van der Waals surface area contributed by atoms with Gasteiger partial charge in [0, 0.05) is 13.6 Å². The summed E-state index contributed by atoms with van der Waals surface area (Å²) in [4.78, 5) is 11.6. The molecule has 0 saturated carbocycles. The van der Waals surface area contributed by atoms with Crippen LogP contribution in [0.4, 0.5) is 13.2 Å². The summed E-state index contributed by atoms with van der Waals surface area (Å²) in [7, 11) is 1.27. The fraction of sp³-hybridized carbons (Fsp3) is 0.188. The van der Waals surface area contributed by atoms with Crippen LogP contribution in [-0.2, 0) is 17.5 Å². The molecule has 0 bridgehead atoms. The third-order valence-electron chi connectivity index (χ3n) is 3.14. The molecule has 8 heteroatoms. The van der Waals surface area contributed by atoms with Crippen molar-refractivity contribution in [3.05, 3.63) is 61.1 Å². The van der Waals surface area contributed by atoms with E-state index in [9.17, 15) is 18.0 Å². The van der Waals surface area contributed by atoms with Gasteiger partial charge in [-0.3, -0.25) is 0 Å². The molecule has 0 radical (unpaired) electrons. The van der Waals surface area contributed by atoms with Crippen LogP contribution in [0.3, 0.4) is 0 Å². The van der Waals surface area contributed by atoms with Crippen LogP contribution in [0.2, 0.25) is 0 Å². The van der Waals surface area contributed by atoms with Gasteiger partial charge >= 0.3 is 12.1 Å². The Balaban J connectivity index is 2.25. The average Bonchev–Trinajstić information content (AvgIpc) is 2.55. The summed E-state index contributed by atoms with van der Waals surface area (Å²) in [6, 6.07) is 8.18. The van der Waals surface area contributed by atoms with Gasteiger partial charge in [-0.15, -0.1) is 0 Å². The number of hydrogen-bond acceptors (Lipinski definition) is 3.